The van der Waals surface area contributed by atoms with E-state index in [2.05, 4.69) is 0 Å². The summed E-state index contributed by atoms with van der Waals surface area (Å²) in [4.78, 5) is 0. The van der Waals surface area contributed by atoms with E-state index in [9.17, 15) is 61.3 Å². The van der Waals surface area contributed by atoms with Gasteiger partial charge in [-0.3, -0.25) is 0 Å². The van der Waals surface area contributed by atoms with E-state index in [4.69, 9.17) is 58.8 Å². The molecule has 16 N–H and O–H groups in total. The smallest absolute Gasteiger partial charge is 0.187 e. The molecule has 0 saturated carbocycles. The van der Waals surface area contributed by atoms with E-state index in [0.717, 1.165) is 0 Å². The molecule has 58 heavy (non-hydrogen) atoms. The average molecular weight is 851 g/mol. The third-order valence-electron chi connectivity index (χ3n) is 10.8. The quantitative estimate of drug-likeness (QED) is 0.0867. The first-order chi connectivity index (χ1) is 27.1. The molecule has 0 spiro atoms. The molecule has 5 aliphatic rings. The molecule has 0 aromatic rings. The van der Waals surface area contributed by atoms with Gasteiger partial charge < -0.3 is 120 Å². The third kappa shape index (κ3) is 10.1. The second-order valence-electron chi connectivity index (χ2n) is 16.3. The predicted octanol–water partition coefficient (Wildman–Crippen LogP) is -8.11. The molecule has 5 rings (SSSR count). The van der Waals surface area contributed by atoms with Crippen molar-refractivity contribution in [1.82, 2.24) is 0 Å². The van der Waals surface area contributed by atoms with Crippen LogP contribution in [0.2, 0.25) is 0 Å². The second kappa shape index (κ2) is 19.6. The molecule has 0 radical (unpaired) electrons. The minimum absolute atomic E-state index is 0.680. The van der Waals surface area contributed by atoms with Gasteiger partial charge in [0.05, 0.1) is 49.7 Å². The molecule has 0 aliphatic carbocycles. The van der Waals surface area contributed by atoms with E-state index in [1.54, 1.807) is 20.8 Å². The van der Waals surface area contributed by atoms with Crippen molar-refractivity contribution >= 4 is 0 Å². The SMILES string of the molecule is CC1O[C@H](O[C@H]2C(O[C@@H]3OC(CO)C(O)[C@H](O)C3OC3OC(C)[C@H](O)C(O)[C@@H]3O)C(CO)O[C@@H](O[C@H]3C(O)C(CO)O[C@@H](OC(C)(C)C)C3N)C2N)C(O)[C@H](O)C1O. The Morgan fingerprint density at radius 2 is 0.828 bits per heavy atom. The molecule has 5 fully saturated rings. The van der Waals surface area contributed by atoms with Gasteiger partial charge in [-0.05, 0) is 34.6 Å². The van der Waals surface area contributed by atoms with E-state index in [1.807, 2.05) is 0 Å². The van der Waals surface area contributed by atoms with E-state index < -0.39 is 179 Å². The summed E-state index contributed by atoms with van der Waals surface area (Å²) in [7, 11) is 0. The van der Waals surface area contributed by atoms with E-state index in [0.29, 0.717) is 0 Å². The van der Waals surface area contributed by atoms with Crippen LogP contribution in [-0.4, -0.2) is 240 Å². The van der Waals surface area contributed by atoms with Gasteiger partial charge in [-0.25, -0.2) is 0 Å². The van der Waals surface area contributed by atoms with E-state index >= 15 is 0 Å². The lowest BCUT2D eigenvalue weighted by Gasteiger charge is -2.51. The number of hydrogen-bond donors (Lipinski definition) is 14. The summed E-state index contributed by atoms with van der Waals surface area (Å²) in [5, 5.41) is 127. The van der Waals surface area contributed by atoms with Gasteiger partial charge in [0, 0.05) is 0 Å². The molecule has 340 valence electrons. The summed E-state index contributed by atoms with van der Waals surface area (Å²) in [5.41, 5.74) is 12.4. The number of aliphatic hydroxyl groups excluding tert-OH is 12. The van der Waals surface area contributed by atoms with E-state index in [-0.39, 0.29) is 0 Å². The van der Waals surface area contributed by atoms with Gasteiger partial charge in [0.1, 0.15) is 97.7 Å². The fourth-order valence-electron chi connectivity index (χ4n) is 7.43. The van der Waals surface area contributed by atoms with Gasteiger partial charge in [-0.15, -0.1) is 0 Å². The summed E-state index contributed by atoms with van der Waals surface area (Å²) >= 11 is 0. The molecule has 0 amide bonds. The largest absolute Gasteiger partial charge is 0.394 e. The fraction of sp³-hybridized carbons (Fsp3) is 1.00. The monoisotopic (exact) mass is 850 g/mol. The highest BCUT2D eigenvalue weighted by atomic mass is 16.8. The summed E-state index contributed by atoms with van der Waals surface area (Å²) in [6.07, 6.45) is -37.1. The molecule has 15 unspecified atom stereocenters. The number of rotatable bonds is 12. The van der Waals surface area contributed by atoms with Crippen LogP contribution in [0.5, 0.6) is 0 Å². The first-order valence-electron chi connectivity index (χ1n) is 19.2. The van der Waals surface area contributed by atoms with Crippen LogP contribution >= 0.6 is 0 Å². The zero-order valence-corrected chi connectivity index (χ0v) is 32.7. The van der Waals surface area contributed by atoms with Crippen molar-refractivity contribution in [2.24, 2.45) is 11.5 Å². The molecule has 5 aliphatic heterocycles. The Kier molecular flexibility index (Phi) is 16.3. The second-order valence-corrected chi connectivity index (χ2v) is 16.3. The Hall–Kier alpha value is -0.960. The van der Waals surface area contributed by atoms with Crippen molar-refractivity contribution in [3.8, 4) is 0 Å². The highest BCUT2D eigenvalue weighted by Gasteiger charge is 2.57. The van der Waals surface area contributed by atoms with Crippen LogP contribution in [0.4, 0.5) is 0 Å². The summed E-state index contributed by atoms with van der Waals surface area (Å²) in [5.74, 6) is 0. The first-order valence-corrected chi connectivity index (χ1v) is 19.2. The third-order valence-corrected chi connectivity index (χ3v) is 10.8. The summed E-state index contributed by atoms with van der Waals surface area (Å²) in [6.45, 7) is 5.47. The molecule has 5 heterocycles. The maximum absolute atomic E-state index is 11.2. The predicted molar refractivity (Wildman–Crippen MR) is 186 cm³/mol. The maximum Gasteiger partial charge on any atom is 0.187 e. The Labute approximate surface area is 333 Å². The van der Waals surface area contributed by atoms with Gasteiger partial charge in [0.15, 0.2) is 31.5 Å². The van der Waals surface area contributed by atoms with Crippen LogP contribution in [0, 0.1) is 0 Å². The van der Waals surface area contributed by atoms with Crippen LogP contribution in [-0.2, 0) is 47.4 Å². The van der Waals surface area contributed by atoms with Crippen molar-refractivity contribution in [1.29, 1.82) is 0 Å². The van der Waals surface area contributed by atoms with Gasteiger partial charge in [-0.1, -0.05) is 0 Å². The lowest BCUT2D eigenvalue weighted by molar-refractivity contribution is -0.396. The van der Waals surface area contributed by atoms with Crippen LogP contribution in [0.15, 0.2) is 0 Å². The van der Waals surface area contributed by atoms with Crippen molar-refractivity contribution in [3.05, 3.63) is 0 Å². The van der Waals surface area contributed by atoms with Crippen molar-refractivity contribution < 1.29 is 109 Å². The zero-order chi connectivity index (χ0) is 43.1. The number of ether oxygens (including phenoxy) is 10. The zero-order valence-electron chi connectivity index (χ0n) is 32.7. The molecule has 5 saturated heterocycles. The minimum atomic E-state index is -1.95. The molecule has 0 bridgehead atoms. The summed E-state index contributed by atoms with van der Waals surface area (Å²) < 4.78 is 59.1. The Balaban J connectivity index is 1.48. The molecule has 24 heteroatoms. The lowest BCUT2D eigenvalue weighted by atomic mass is 9.94. The Morgan fingerprint density at radius 3 is 1.33 bits per heavy atom. The van der Waals surface area contributed by atoms with Crippen LogP contribution < -0.4 is 11.5 Å². The topological polar surface area (TPSA) is 387 Å². The average Bonchev–Trinajstić information content (AvgIpc) is 3.17. The standard InChI is InChI=1S/C34H62N2O22/c1-9-16(40)20(44)23(47)31(49-9)56-27-15(36)29(55-26-14(35)30(58-34(3,4)5)51-12(7-38)19(26)43)53-13(8-39)25(27)54-33-28(22(46)18(42)11(6-37)52-33)57-32-24(48)21(45)17(41)10(2)50-32/h9-33,37-48H,6-8,35-36H2,1-5H3/t9?,10?,11?,12?,13?,14?,15?,16?,17-,18?,19?,20+,21?,22-,23?,24-,25?,26+,27+,28?,29-,30-,31+,32?,33-/m0/s1. The number of aliphatic hydroxyl groups is 12. The normalized spacial score (nSPS) is 52.1. The molecule has 0 aromatic heterocycles. The van der Waals surface area contributed by atoms with Gasteiger partial charge in [0.25, 0.3) is 0 Å². The summed E-state index contributed by atoms with van der Waals surface area (Å²) in [6, 6.07) is -2.79. The van der Waals surface area contributed by atoms with Crippen molar-refractivity contribution in [2.75, 3.05) is 19.8 Å². The molecule has 25 atom stereocenters. The number of nitrogens with two attached hydrogens (primary N) is 2. The Bertz CT molecular complexity index is 1290. The van der Waals surface area contributed by atoms with Gasteiger partial charge in [0.2, 0.25) is 0 Å². The fourth-order valence-corrected chi connectivity index (χ4v) is 7.43. The first kappa shape index (κ1) is 48.1. The van der Waals surface area contributed by atoms with Crippen molar-refractivity contribution in [3.63, 3.8) is 0 Å². The van der Waals surface area contributed by atoms with E-state index in [1.165, 1.54) is 13.8 Å². The molecular weight excluding hydrogens is 788 g/mol. The van der Waals surface area contributed by atoms with Crippen LogP contribution in [0.3, 0.4) is 0 Å². The Morgan fingerprint density at radius 1 is 0.414 bits per heavy atom. The molecule has 0 aromatic carbocycles. The minimum Gasteiger partial charge on any atom is -0.394 e. The molecular formula is C34H62N2O22. The highest BCUT2D eigenvalue weighted by molar-refractivity contribution is 5.01. The number of hydrogen-bond acceptors (Lipinski definition) is 24. The van der Waals surface area contributed by atoms with Gasteiger partial charge in [-0.2, -0.15) is 0 Å². The lowest BCUT2D eigenvalue weighted by Crippen LogP contribution is -2.71. The molecule has 24 nitrogen and oxygen atoms in total. The highest BCUT2D eigenvalue weighted by Crippen LogP contribution is 2.37. The van der Waals surface area contributed by atoms with Gasteiger partial charge >= 0.3 is 0 Å². The van der Waals surface area contributed by atoms with Crippen LogP contribution in [0.25, 0.3) is 0 Å². The van der Waals surface area contributed by atoms with Crippen molar-refractivity contribution in [2.45, 2.75) is 194 Å². The maximum atomic E-state index is 11.2. The van der Waals surface area contributed by atoms with Crippen LogP contribution in [0.1, 0.15) is 34.6 Å².